The largest absolute Gasteiger partial charge is 0.620 e. The molecule has 0 bridgehead atoms. The molecule has 0 fully saturated rings. The number of carbonyl (C=O) groups is 3. The molecule has 3 aromatic carbocycles. The van der Waals surface area contributed by atoms with Gasteiger partial charge in [-0.3, -0.25) is 9.59 Å². The summed E-state index contributed by atoms with van der Waals surface area (Å²) in [5, 5.41) is 8.82. The van der Waals surface area contributed by atoms with Gasteiger partial charge in [0.1, 0.15) is 11.6 Å². The molecule has 0 atom stereocenters. The third kappa shape index (κ3) is 9.34. The van der Waals surface area contributed by atoms with Gasteiger partial charge in [-0.2, -0.15) is 13.2 Å². The van der Waals surface area contributed by atoms with E-state index in [-0.39, 0.29) is 78.7 Å². The molecule has 3 rings (SSSR count). The summed E-state index contributed by atoms with van der Waals surface area (Å²) in [6, 6.07) is 11.6. The molecule has 0 aliphatic carbocycles. The predicted octanol–water partition coefficient (Wildman–Crippen LogP) is 6.45. The summed E-state index contributed by atoms with van der Waals surface area (Å²) in [4.78, 5) is 36.1. The number of hydrogen-bond acceptors (Lipinski definition) is 4. The van der Waals surface area contributed by atoms with Crippen molar-refractivity contribution in [2.75, 3.05) is 19.7 Å². The van der Waals surface area contributed by atoms with Gasteiger partial charge in [-0.15, -0.1) is 0 Å². The zero-order chi connectivity index (χ0) is 28.7. The maximum absolute atomic E-state index is 14.2. The number of nitrogens with zero attached hydrogens (tertiary/aromatic N) is 1. The molecular formula is C26H20CdCl2F4N3O4-. The fourth-order valence-electron chi connectivity index (χ4n) is 3.32. The Kier molecular flexibility index (Phi) is 12.2. The molecular weight excluding hydrogens is 678 g/mol. The Bertz CT molecular complexity index is 1390. The first kappa shape index (κ1) is 33.3. The maximum Gasteiger partial charge on any atom is 0.422 e. The van der Waals surface area contributed by atoms with Crippen molar-refractivity contribution in [3.63, 3.8) is 0 Å². The molecule has 0 radical (unpaired) electrons. The van der Waals surface area contributed by atoms with Crippen LogP contribution >= 0.6 is 23.2 Å². The van der Waals surface area contributed by atoms with Gasteiger partial charge in [-0.1, -0.05) is 47.1 Å². The Morgan fingerprint density at radius 3 is 2.30 bits per heavy atom. The molecule has 0 aromatic heterocycles. The van der Waals surface area contributed by atoms with Gasteiger partial charge in [0, 0.05) is 63.5 Å². The third-order valence-corrected chi connectivity index (χ3v) is 5.72. The van der Waals surface area contributed by atoms with Gasteiger partial charge in [0.15, 0.2) is 6.61 Å². The zero-order valence-electron chi connectivity index (χ0n) is 20.9. The molecule has 0 saturated carbocycles. The number of hydrogen-bond donors (Lipinski definition) is 2. The van der Waals surface area contributed by atoms with Crippen molar-refractivity contribution >= 4 is 46.6 Å². The van der Waals surface area contributed by atoms with Crippen molar-refractivity contribution in [1.29, 1.82) is 0 Å². The SMILES string of the molecule is CC(=O)NCCNC(=O)c1ccc(Cl)c(-c2ccc([N-]C(=O)c3c(F)cccc3Cl)c(OCC(F)(F)F)c2)c1.[Cd]. The molecule has 0 heterocycles. The van der Waals surface area contributed by atoms with Crippen molar-refractivity contribution < 1.29 is 64.0 Å². The summed E-state index contributed by atoms with van der Waals surface area (Å²) in [6.07, 6.45) is -4.71. The monoisotopic (exact) mass is 698 g/mol. The van der Waals surface area contributed by atoms with E-state index >= 15 is 0 Å². The summed E-state index contributed by atoms with van der Waals surface area (Å²) in [5.74, 6) is -3.25. The quantitative estimate of drug-likeness (QED) is 0.153. The number of carbonyl (C=O) groups excluding carboxylic acids is 3. The van der Waals surface area contributed by atoms with Crippen LogP contribution in [0.1, 0.15) is 27.6 Å². The topological polar surface area (TPSA) is 98.6 Å². The van der Waals surface area contributed by atoms with E-state index in [9.17, 15) is 31.9 Å². The average molecular weight is 698 g/mol. The molecule has 40 heavy (non-hydrogen) atoms. The first-order valence-electron chi connectivity index (χ1n) is 11.2. The summed E-state index contributed by atoms with van der Waals surface area (Å²) < 4.78 is 57.9. The molecule has 0 unspecified atom stereocenters. The van der Waals surface area contributed by atoms with Crippen LogP contribution < -0.4 is 15.4 Å². The second-order valence-electron chi connectivity index (χ2n) is 8.03. The molecule has 0 saturated heterocycles. The van der Waals surface area contributed by atoms with Crippen LogP contribution in [0.3, 0.4) is 0 Å². The number of rotatable bonds is 9. The summed E-state index contributed by atoms with van der Waals surface area (Å²) in [7, 11) is 0. The van der Waals surface area contributed by atoms with Gasteiger partial charge in [-0.05, 0) is 42.0 Å². The average Bonchev–Trinajstić information content (AvgIpc) is 2.85. The number of halogens is 6. The first-order valence-corrected chi connectivity index (χ1v) is 12.0. The van der Waals surface area contributed by atoms with Crippen LogP contribution in [-0.4, -0.2) is 43.6 Å². The number of nitrogens with one attached hydrogen (secondary N) is 2. The molecule has 0 aliphatic heterocycles. The molecule has 3 amide bonds. The Morgan fingerprint density at radius 1 is 0.950 bits per heavy atom. The predicted molar refractivity (Wildman–Crippen MR) is 138 cm³/mol. The Labute approximate surface area is 256 Å². The van der Waals surface area contributed by atoms with Gasteiger partial charge in [0.05, 0.1) is 16.5 Å². The number of benzene rings is 3. The van der Waals surface area contributed by atoms with Gasteiger partial charge >= 0.3 is 6.18 Å². The molecule has 0 aliphatic rings. The van der Waals surface area contributed by atoms with Crippen molar-refractivity contribution in [3.05, 3.63) is 86.9 Å². The van der Waals surface area contributed by atoms with Crippen molar-refractivity contribution in [2.24, 2.45) is 0 Å². The molecule has 0 spiro atoms. The molecule has 2 N–H and O–H groups in total. The number of alkyl halides is 3. The summed E-state index contributed by atoms with van der Waals surface area (Å²) >= 11 is 12.2. The van der Waals surface area contributed by atoms with Crippen LogP contribution in [0.15, 0.2) is 54.6 Å². The van der Waals surface area contributed by atoms with Gasteiger partial charge in [-0.25, -0.2) is 4.39 Å². The van der Waals surface area contributed by atoms with E-state index in [1.807, 2.05) is 0 Å². The fourth-order valence-corrected chi connectivity index (χ4v) is 3.79. The number of amides is 3. The smallest absolute Gasteiger partial charge is 0.422 e. The minimum Gasteiger partial charge on any atom is -0.620 e. The van der Waals surface area contributed by atoms with Crippen LogP contribution in [0.2, 0.25) is 10.0 Å². The molecule has 3 aromatic rings. The van der Waals surface area contributed by atoms with E-state index in [1.54, 1.807) is 0 Å². The van der Waals surface area contributed by atoms with Crippen molar-refractivity contribution in [1.82, 2.24) is 10.6 Å². The van der Waals surface area contributed by atoms with E-state index < -0.39 is 41.7 Å². The fraction of sp³-hybridized carbons (Fsp3) is 0.192. The van der Waals surface area contributed by atoms with Crippen LogP contribution in [0.25, 0.3) is 16.4 Å². The Balaban J connectivity index is 0.00000560. The standard InChI is InChI=1S/C26H21Cl2F4N3O4.Cd/c1-14(36)33-9-10-34-24(37)16-5-7-18(27)17(11-16)15-6-8-21(22(12-15)39-13-26(30,31)32)35-25(38)23-19(28)3-2-4-20(23)29;/h2-8,11-12H,9-10,13H2,1H3,(H3,33,34,35,36,37,38);/p-1. The third-order valence-electron chi connectivity index (χ3n) is 5.07. The Morgan fingerprint density at radius 2 is 1.65 bits per heavy atom. The van der Waals surface area contributed by atoms with Crippen LogP contribution in [-0.2, 0) is 32.1 Å². The van der Waals surface area contributed by atoms with E-state index in [0.717, 1.165) is 6.07 Å². The van der Waals surface area contributed by atoms with Crippen LogP contribution in [0, 0.1) is 5.82 Å². The van der Waals surface area contributed by atoms with Gasteiger partial charge in [0.25, 0.3) is 5.91 Å². The molecule has 14 heteroatoms. The summed E-state index contributed by atoms with van der Waals surface area (Å²) in [5.41, 5.74) is -0.146. The minimum atomic E-state index is -4.71. The second kappa shape index (κ2) is 14.6. The zero-order valence-corrected chi connectivity index (χ0v) is 26.4. The van der Waals surface area contributed by atoms with E-state index in [2.05, 4.69) is 16.0 Å². The molecule has 7 nitrogen and oxygen atoms in total. The summed E-state index contributed by atoms with van der Waals surface area (Å²) in [6.45, 7) is 0.00683. The first-order chi connectivity index (χ1) is 18.4. The minimum absolute atomic E-state index is 0. The number of ether oxygens (including phenoxy) is 1. The van der Waals surface area contributed by atoms with Crippen molar-refractivity contribution in [2.45, 2.75) is 13.1 Å². The van der Waals surface area contributed by atoms with E-state index in [1.165, 1.54) is 55.5 Å². The van der Waals surface area contributed by atoms with E-state index in [0.29, 0.717) is 0 Å². The normalized spacial score (nSPS) is 10.8. The Hall–Kier alpha value is -2.91. The van der Waals surface area contributed by atoms with Crippen LogP contribution in [0.5, 0.6) is 5.75 Å². The van der Waals surface area contributed by atoms with Crippen LogP contribution in [0.4, 0.5) is 23.2 Å². The van der Waals surface area contributed by atoms with Crippen molar-refractivity contribution in [3.8, 4) is 16.9 Å². The molecule has 208 valence electrons. The van der Waals surface area contributed by atoms with Gasteiger partial charge < -0.3 is 25.5 Å². The van der Waals surface area contributed by atoms with Gasteiger partial charge in [0.2, 0.25) is 5.91 Å². The maximum atomic E-state index is 14.2. The van der Waals surface area contributed by atoms with E-state index in [4.69, 9.17) is 27.9 Å². The second-order valence-corrected chi connectivity index (χ2v) is 8.85.